The van der Waals surface area contributed by atoms with E-state index in [1.54, 1.807) is 0 Å². The maximum Gasteiger partial charge on any atom is 0.306 e. The molecule has 0 aliphatic rings. The SMILES string of the molecule is O=C(CCC(=O)c1cc(-c2c[nH]c3ccccc23)cs1)OCc1ccccc1. The summed E-state index contributed by atoms with van der Waals surface area (Å²) < 4.78 is 5.23. The van der Waals surface area contributed by atoms with E-state index in [1.165, 1.54) is 11.3 Å². The van der Waals surface area contributed by atoms with Crippen molar-refractivity contribution < 1.29 is 14.3 Å². The normalized spacial score (nSPS) is 10.9. The van der Waals surface area contributed by atoms with Crippen molar-refractivity contribution in [2.24, 2.45) is 0 Å². The number of H-pyrrole nitrogens is 1. The number of carbonyl (C=O) groups excluding carboxylic acids is 2. The molecule has 0 atom stereocenters. The molecule has 0 saturated carbocycles. The molecule has 0 unspecified atom stereocenters. The summed E-state index contributed by atoms with van der Waals surface area (Å²) in [6.45, 7) is 0.234. The zero-order chi connectivity index (χ0) is 19.3. The number of aromatic nitrogens is 1. The van der Waals surface area contributed by atoms with Gasteiger partial charge in [-0.2, -0.15) is 0 Å². The lowest BCUT2D eigenvalue weighted by atomic mass is 10.1. The fraction of sp³-hybridized carbons (Fsp3) is 0.130. The fourth-order valence-corrected chi connectivity index (χ4v) is 3.96. The monoisotopic (exact) mass is 389 g/mol. The summed E-state index contributed by atoms with van der Waals surface area (Å²) >= 11 is 1.41. The summed E-state index contributed by atoms with van der Waals surface area (Å²) in [5, 5.41) is 3.11. The molecule has 2 aromatic carbocycles. The maximum absolute atomic E-state index is 12.5. The van der Waals surface area contributed by atoms with Gasteiger partial charge in [0.2, 0.25) is 0 Å². The van der Waals surface area contributed by atoms with Crippen LogP contribution >= 0.6 is 11.3 Å². The first-order valence-corrected chi connectivity index (χ1v) is 9.96. The zero-order valence-corrected chi connectivity index (χ0v) is 16.0. The lowest BCUT2D eigenvalue weighted by molar-refractivity contribution is -0.144. The average molecular weight is 389 g/mol. The summed E-state index contributed by atoms with van der Waals surface area (Å²) in [5.74, 6) is -0.390. The van der Waals surface area contributed by atoms with Gasteiger partial charge in [0.15, 0.2) is 5.78 Å². The van der Waals surface area contributed by atoms with Crippen LogP contribution in [-0.2, 0) is 16.1 Å². The fourth-order valence-electron chi connectivity index (χ4n) is 3.08. The van der Waals surface area contributed by atoms with E-state index in [2.05, 4.69) is 11.1 Å². The number of esters is 1. The molecule has 0 aliphatic heterocycles. The van der Waals surface area contributed by atoms with Crippen LogP contribution in [0.15, 0.2) is 72.2 Å². The third-order valence-corrected chi connectivity index (χ3v) is 5.54. The number of para-hydroxylation sites is 1. The van der Waals surface area contributed by atoms with E-state index in [0.717, 1.165) is 27.6 Å². The molecule has 28 heavy (non-hydrogen) atoms. The number of nitrogens with one attached hydrogen (secondary N) is 1. The number of benzene rings is 2. The molecule has 0 saturated heterocycles. The van der Waals surface area contributed by atoms with E-state index in [9.17, 15) is 9.59 Å². The number of carbonyl (C=O) groups is 2. The Labute approximate surface area is 166 Å². The quantitative estimate of drug-likeness (QED) is 0.330. The van der Waals surface area contributed by atoms with Crippen LogP contribution in [0.2, 0.25) is 0 Å². The number of fused-ring (bicyclic) bond motifs is 1. The van der Waals surface area contributed by atoms with Crippen molar-refractivity contribution in [1.82, 2.24) is 4.98 Å². The van der Waals surface area contributed by atoms with Gasteiger partial charge in [-0.05, 0) is 28.6 Å². The molecule has 0 bridgehead atoms. The summed E-state index contributed by atoms with van der Waals surface area (Å²) in [7, 11) is 0. The number of hydrogen-bond donors (Lipinski definition) is 1. The molecule has 0 fully saturated rings. The molecule has 2 heterocycles. The molecule has 140 valence electrons. The third kappa shape index (κ3) is 4.05. The Hall–Kier alpha value is -3.18. The van der Waals surface area contributed by atoms with E-state index in [4.69, 9.17) is 4.74 Å². The molecule has 0 amide bonds. The summed E-state index contributed by atoms with van der Waals surface area (Å²) in [6, 6.07) is 19.5. The minimum atomic E-state index is -0.356. The second kappa shape index (κ2) is 8.23. The predicted octanol–water partition coefficient (Wildman–Crippen LogP) is 5.60. The topological polar surface area (TPSA) is 59.2 Å². The molecule has 0 radical (unpaired) electrons. The highest BCUT2D eigenvalue weighted by molar-refractivity contribution is 7.12. The highest BCUT2D eigenvalue weighted by Gasteiger charge is 2.14. The Bertz CT molecular complexity index is 1110. The standard InChI is InChI=1S/C23H19NO3S/c25-21(10-11-23(26)27-14-16-6-2-1-3-7-16)22-12-17(15-28-22)19-13-24-20-9-5-4-8-18(19)20/h1-9,12-13,15,24H,10-11,14H2. The van der Waals surface area contributed by atoms with Crippen molar-refractivity contribution in [2.45, 2.75) is 19.4 Å². The number of ether oxygens (including phenoxy) is 1. The van der Waals surface area contributed by atoms with Crippen molar-refractivity contribution in [3.05, 3.63) is 82.7 Å². The van der Waals surface area contributed by atoms with Crippen molar-refractivity contribution in [2.75, 3.05) is 0 Å². The smallest absolute Gasteiger partial charge is 0.306 e. The van der Waals surface area contributed by atoms with Gasteiger partial charge in [-0.25, -0.2) is 0 Å². The van der Waals surface area contributed by atoms with E-state index in [0.29, 0.717) is 4.88 Å². The van der Waals surface area contributed by atoms with Crippen LogP contribution in [0, 0.1) is 0 Å². The van der Waals surface area contributed by atoms with Crippen LogP contribution in [0.3, 0.4) is 0 Å². The van der Waals surface area contributed by atoms with Gasteiger partial charge < -0.3 is 9.72 Å². The molecule has 1 N–H and O–H groups in total. The number of aromatic amines is 1. The number of Topliss-reactive ketones (excluding diaryl/α,β-unsaturated/α-hetero) is 1. The molecular formula is C23H19NO3S. The predicted molar refractivity (Wildman–Crippen MR) is 111 cm³/mol. The van der Waals surface area contributed by atoms with Gasteiger partial charge in [-0.3, -0.25) is 9.59 Å². The first-order valence-electron chi connectivity index (χ1n) is 9.08. The Kier molecular flexibility index (Phi) is 5.35. The van der Waals surface area contributed by atoms with Gasteiger partial charge in [0.25, 0.3) is 0 Å². The minimum Gasteiger partial charge on any atom is -0.461 e. The van der Waals surface area contributed by atoms with Crippen LogP contribution in [0.4, 0.5) is 0 Å². The van der Waals surface area contributed by atoms with Crippen molar-refractivity contribution in [3.8, 4) is 11.1 Å². The number of hydrogen-bond acceptors (Lipinski definition) is 4. The highest BCUT2D eigenvalue weighted by atomic mass is 32.1. The van der Waals surface area contributed by atoms with Crippen LogP contribution in [0.5, 0.6) is 0 Å². The second-order valence-corrected chi connectivity index (χ2v) is 7.43. The number of rotatable bonds is 7. The Morgan fingerprint density at radius 1 is 0.964 bits per heavy atom. The van der Waals surface area contributed by atoms with E-state index in [-0.39, 0.29) is 31.2 Å². The average Bonchev–Trinajstić information content (AvgIpc) is 3.38. The molecule has 4 nitrogen and oxygen atoms in total. The Morgan fingerprint density at radius 3 is 2.61 bits per heavy atom. The maximum atomic E-state index is 12.5. The van der Waals surface area contributed by atoms with E-state index in [1.807, 2.05) is 66.2 Å². The van der Waals surface area contributed by atoms with Crippen LogP contribution in [0.1, 0.15) is 28.1 Å². The summed E-state index contributed by atoms with van der Waals surface area (Å²) in [4.78, 5) is 28.3. The molecule has 0 spiro atoms. The zero-order valence-electron chi connectivity index (χ0n) is 15.2. The van der Waals surface area contributed by atoms with E-state index < -0.39 is 0 Å². The third-order valence-electron chi connectivity index (χ3n) is 4.57. The van der Waals surface area contributed by atoms with Crippen LogP contribution in [0.25, 0.3) is 22.0 Å². The van der Waals surface area contributed by atoms with Gasteiger partial charge in [0.1, 0.15) is 6.61 Å². The summed E-state index contributed by atoms with van der Waals surface area (Å²) in [5.41, 5.74) is 4.09. The van der Waals surface area contributed by atoms with Crippen LogP contribution in [-0.4, -0.2) is 16.7 Å². The Balaban J connectivity index is 1.35. The van der Waals surface area contributed by atoms with Crippen molar-refractivity contribution in [3.63, 3.8) is 0 Å². The molecule has 0 aliphatic carbocycles. The number of thiophene rings is 1. The lowest BCUT2D eigenvalue weighted by Crippen LogP contribution is -2.07. The van der Waals surface area contributed by atoms with Crippen LogP contribution < -0.4 is 0 Å². The minimum absolute atomic E-state index is 0.0345. The molecule has 2 aromatic heterocycles. The lowest BCUT2D eigenvalue weighted by Gasteiger charge is -2.04. The van der Waals surface area contributed by atoms with Gasteiger partial charge in [0, 0.05) is 29.1 Å². The second-order valence-electron chi connectivity index (χ2n) is 6.52. The van der Waals surface area contributed by atoms with Gasteiger partial charge >= 0.3 is 5.97 Å². The van der Waals surface area contributed by atoms with E-state index >= 15 is 0 Å². The summed E-state index contributed by atoms with van der Waals surface area (Å²) in [6.07, 6.45) is 2.20. The van der Waals surface area contributed by atoms with Crippen molar-refractivity contribution in [1.29, 1.82) is 0 Å². The largest absolute Gasteiger partial charge is 0.461 e. The first-order chi connectivity index (χ1) is 13.7. The highest BCUT2D eigenvalue weighted by Crippen LogP contribution is 2.32. The molecule has 4 aromatic rings. The molecule has 4 rings (SSSR count). The van der Waals surface area contributed by atoms with Gasteiger partial charge in [-0.15, -0.1) is 11.3 Å². The first kappa shape index (κ1) is 18.2. The molecule has 5 heteroatoms. The van der Waals surface area contributed by atoms with Gasteiger partial charge in [0.05, 0.1) is 11.3 Å². The Morgan fingerprint density at radius 2 is 1.75 bits per heavy atom. The number of ketones is 1. The van der Waals surface area contributed by atoms with Crippen molar-refractivity contribution >= 4 is 34.0 Å². The molecular weight excluding hydrogens is 370 g/mol. The van der Waals surface area contributed by atoms with Gasteiger partial charge in [-0.1, -0.05) is 48.5 Å².